The van der Waals surface area contributed by atoms with Gasteiger partial charge in [-0.2, -0.15) is 0 Å². The van der Waals surface area contributed by atoms with Crippen LogP contribution in [0.3, 0.4) is 0 Å². The van der Waals surface area contributed by atoms with Crippen LogP contribution in [0.25, 0.3) is 11.4 Å². The van der Waals surface area contributed by atoms with Crippen LogP contribution in [0.5, 0.6) is 0 Å². The van der Waals surface area contributed by atoms with Crippen molar-refractivity contribution in [3.8, 4) is 11.4 Å². The van der Waals surface area contributed by atoms with Crippen molar-refractivity contribution in [3.63, 3.8) is 0 Å². The van der Waals surface area contributed by atoms with Crippen LogP contribution in [-0.2, 0) is 4.79 Å². The van der Waals surface area contributed by atoms with Gasteiger partial charge in [-0.1, -0.05) is 59.8 Å². The molecule has 3 rings (SSSR count). The molecule has 24 heavy (non-hydrogen) atoms. The number of thioether (sulfide) groups is 1. The van der Waals surface area contributed by atoms with E-state index >= 15 is 0 Å². The lowest BCUT2D eigenvalue weighted by Crippen LogP contribution is -2.16. The van der Waals surface area contributed by atoms with E-state index in [1.54, 1.807) is 24.3 Å². The fourth-order valence-corrected chi connectivity index (χ4v) is 2.90. The lowest BCUT2D eigenvalue weighted by Gasteiger charge is -2.06. The molecule has 6 nitrogen and oxygen atoms in total. The minimum absolute atomic E-state index is 0.163. The Bertz CT molecular complexity index is 853. The highest BCUT2D eigenvalue weighted by Gasteiger charge is 2.13. The quantitative estimate of drug-likeness (QED) is 0.540. The second-order valence-electron chi connectivity index (χ2n) is 4.89. The molecule has 0 fully saturated rings. The average Bonchev–Trinajstić information content (AvgIpc) is 2.94. The van der Waals surface area contributed by atoms with Crippen molar-refractivity contribution in [3.05, 3.63) is 59.6 Å². The number of nitrogens with zero attached hydrogens (tertiary/aromatic N) is 3. The lowest BCUT2D eigenvalue weighted by molar-refractivity contribution is -0.113. The molecule has 0 unspecified atom stereocenters. The zero-order chi connectivity index (χ0) is 16.9. The van der Waals surface area contributed by atoms with Gasteiger partial charge in [0.05, 0.1) is 5.75 Å². The van der Waals surface area contributed by atoms with E-state index in [0.717, 1.165) is 5.56 Å². The van der Waals surface area contributed by atoms with Gasteiger partial charge in [0, 0.05) is 16.3 Å². The first-order valence-electron chi connectivity index (χ1n) is 7.07. The molecule has 0 aliphatic rings. The van der Waals surface area contributed by atoms with E-state index in [9.17, 15) is 4.79 Å². The topological polar surface area (TPSA) is 85.8 Å². The summed E-state index contributed by atoms with van der Waals surface area (Å²) in [7, 11) is 0. The summed E-state index contributed by atoms with van der Waals surface area (Å²) in [6.45, 7) is 0. The summed E-state index contributed by atoms with van der Waals surface area (Å²) in [5, 5.41) is 11.9. The highest BCUT2D eigenvalue weighted by Crippen LogP contribution is 2.21. The normalized spacial score (nSPS) is 10.5. The first-order chi connectivity index (χ1) is 11.6. The molecule has 0 spiro atoms. The fourth-order valence-electron chi connectivity index (χ4n) is 2.05. The number of aromatic nitrogens is 3. The molecule has 0 atom stereocenters. The third kappa shape index (κ3) is 3.87. The molecule has 3 N–H and O–H groups in total. The third-order valence-electron chi connectivity index (χ3n) is 3.14. The van der Waals surface area contributed by atoms with E-state index < -0.39 is 0 Å². The Labute approximate surface area is 148 Å². The maximum Gasteiger partial charge on any atom is 0.234 e. The standard InChI is InChI=1S/C16H14ClN5OS/c17-12-7-4-8-13(9-12)19-14(23)10-24-16-21-20-15(22(16)18)11-5-2-1-3-6-11/h1-9H,10,18H2,(H,19,23). The summed E-state index contributed by atoms with van der Waals surface area (Å²) in [5.74, 6) is 6.55. The monoisotopic (exact) mass is 359 g/mol. The van der Waals surface area contributed by atoms with Gasteiger partial charge < -0.3 is 11.2 Å². The Kier molecular flexibility index (Phi) is 5.02. The molecule has 122 valence electrons. The van der Waals surface area contributed by atoms with Gasteiger partial charge in [0.1, 0.15) is 0 Å². The van der Waals surface area contributed by atoms with Gasteiger partial charge in [-0.25, -0.2) is 4.68 Å². The Balaban J connectivity index is 1.63. The zero-order valence-electron chi connectivity index (χ0n) is 12.5. The summed E-state index contributed by atoms with van der Waals surface area (Å²) >= 11 is 7.10. The molecule has 0 aliphatic carbocycles. The Morgan fingerprint density at radius 1 is 1.17 bits per heavy atom. The van der Waals surface area contributed by atoms with Gasteiger partial charge in [0.25, 0.3) is 0 Å². The van der Waals surface area contributed by atoms with E-state index in [-0.39, 0.29) is 11.7 Å². The van der Waals surface area contributed by atoms with E-state index in [2.05, 4.69) is 15.5 Å². The van der Waals surface area contributed by atoms with E-state index in [0.29, 0.717) is 21.7 Å². The van der Waals surface area contributed by atoms with Gasteiger partial charge in [-0.05, 0) is 18.2 Å². The number of hydrogen-bond donors (Lipinski definition) is 2. The van der Waals surface area contributed by atoms with E-state index in [1.165, 1.54) is 16.4 Å². The average molecular weight is 360 g/mol. The summed E-state index contributed by atoms with van der Waals surface area (Å²) < 4.78 is 1.38. The van der Waals surface area contributed by atoms with Crippen molar-refractivity contribution >= 4 is 35.0 Å². The molecule has 0 saturated heterocycles. The van der Waals surface area contributed by atoms with Gasteiger partial charge in [-0.15, -0.1) is 10.2 Å². The molecule has 0 radical (unpaired) electrons. The minimum atomic E-state index is -0.175. The number of carbonyl (C=O) groups excluding carboxylic acids is 1. The van der Waals surface area contributed by atoms with Crippen molar-refractivity contribution in [2.75, 3.05) is 16.9 Å². The van der Waals surface area contributed by atoms with Gasteiger partial charge in [0.15, 0.2) is 5.82 Å². The Morgan fingerprint density at radius 3 is 2.71 bits per heavy atom. The fraction of sp³-hybridized carbons (Fsp3) is 0.0625. The first-order valence-corrected chi connectivity index (χ1v) is 8.44. The number of halogens is 1. The Hall–Kier alpha value is -2.51. The zero-order valence-corrected chi connectivity index (χ0v) is 14.1. The number of nitrogen functional groups attached to an aromatic ring is 1. The van der Waals surface area contributed by atoms with Crippen molar-refractivity contribution in [2.24, 2.45) is 0 Å². The molecule has 3 aromatic rings. The third-order valence-corrected chi connectivity index (χ3v) is 4.32. The molecule has 1 aromatic heterocycles. The summed E-state index contributed by atoms with van der Waals surface area (Å²) in [4.78, 5) is 12.0. The van der Waals surface area contributed by atoms with Crippen LogP contribution >= 0.6 is 23.4 Å². The molecule has 2 aromatic carbocycles. The summed E-state index contributed by atoms with van der Waals surface area (Å²) in [6.07, 6.45) is 0. The molecular formula is C16H14ClN5OS. The number of hydrogen-bond acceptors (Lipinski definition) is 5. The molecule has 0 saturated carbocycles. The predicted octanol–water partition coefficient (Wildman–Crippen LogP) is 3.04. The number of anilines is 1. The second kappa shape index (κ2) is 7.37. The number of carbonyl (C=O) groups is 1. The maximum absolute atomic E-state index is 12.0. The molecule has 0 aliphatic heterocycles. The lowest BCUT2D eigenvalue weighted by atomic mass is 10.2. The minimum Gasteiger partial charge on any atom is -0.335 e. The van der Waals surface area contributed by atoms with Crippen LogP contribution in [0.1, 0.15) is 0 Å². The van der Waals surface area contributed by atoms with Crippen LogP contribution in [0, 0.1) is 0 Å². The van der Waals surface area contributed by atoms with Crippen LogP contribution < -0.4 is 11.2 Å². The highest BCUT2D eigenvalue weighted by atomic mass is 35.5. The number of rotatable bonds is 5. The van der Waals surface area contributed by atoms with Gasteiger partial charge in [-0.3, -0.25) is 4.79 Å². The van der Waals surface area contributed by atoms with E-state index in [1.807, 2.05) is 30.3 Å². The van der Waals surface area contributed by atoms with E-state index in [4.69, 9.17) is 17.4 Å². The molecule has 1 amide bonds. The molecule has 8 heteroatoms. The van der Waals surface area contributed by atoms with Crippen LogP contribution in [0.2, 0.25) is 5.02 Å². The maximum atomic E-state index is 12.0. The molecular weight excluding hydrogens is 346 g/mol. The van der Waals surface area contributed by atoms with Crippen molar-refractivity contribution < 1.29 is 4.79 Å². The van der Waals surface area contributed by atoms with Crippen LogP contribution in [0.15, 0.2) is 59.8 Å². The Morgan fingerprint density at radius 2 is 1.96 bits per heavy atom. The second-order valence-corrected chi connectivity index (χ2v) is 6.27. The number of nitrogens with two attached hydrogens (primary N) is 1. The van der Waals surface area contributed by atoms with Crippen molar-refractivity contribution in [2.45, 2.75) is 5.16 Å². The smallest absolute Gasteiger partial charge is 0.234 e. The summed E-state index contributed by atoms with van der Waals surface area (Å²) in [6, 6.07) is 16.5. The molecule has 0 bridgehead atoms. The molecule has 1 heterocycles. The SMILES string of the molecule is Nn1c(SCC(=O)Nc2cccc(Cl)c2)nnc1-c1ccccc1. The van der Waals surface area contributed by atoms with Gasteiger partial charge in [0.2, 0.25) is 11.1 Å². The largest absolute Gasteiger partial charge is 0.335 e. The number of amides is 1. The number of benzene rings is 2. The highest BCUT2D eigenvalue weighted by molar-refractivity contribution is 7.99. The first kappa shape index (κ1) is 16.4. The van der Waals surface area contributed by atoms with Crippen molar-refractivity contribution in [1.82, 2.24) is 14.9 Å². The summed E-state index contributed by atoms with van der Waals surface area (Å²) in [5.41, 5.74) is 1.51. The van der Waals surface area contributed by atoms with Crippen LogP contribution in [0.4, 0.5) is 5.69 Å². The van der Waals surface area contributed by atoms with Crippen LogP contribution in [-0.4, -0.2) is 26.5 Å². The van der Waals surface area contributed by atoms with Gasteiger partial charge >= 0.3 is 0 Å². The predicted molar refractivity (Wildman–Crippen MR) is 96.4 cm³/mol. The number of nitrogens with one attached hydrogen (secondary N) is 1. The van der Waals surface area contributed by atoms with Crippen molar-refractivity contribution in [1.29, 1.82) is 0 Å².